The van der Waals surface area contributed by atoms with Crippen molar-refractivity contribution >= 4 is 5.69 Å². The van der Waals surface area contributed by atoms with Crippen LogP contribution < -0.4 is 0 Å². The standard InChI is InChI=1S/C11H14F3N3O4/c12-11(13,14)10-8(17(18)19)7-16(15-10)4-6-21-9-3-1-2-5-20-9/h7,9H,1-6H2/t9-/m0/s1. The van der Waals surface area contributed by atoms with E-state index < -0.39 is 22.5 Å². The van der Waals surface area contributed by atoms with E-state index in [0.29, 0.717) is 6.61 Å². The Labute approximate surface area is 117 Å². The molecular weight excluding hydrogens is 295 g/mol. The Bertz CT molecular complexity index is 497. The first-order valence-electron chi connectivity index (χ1n) is 6.40. The Balaban J connectivity index is 1.95. The van der Waals surface area contributed by atoms with E-state index in [0.717, 1.165) is 30.1 Å². The first-order chi connectivity index (χ1) is 9.88. The third-order valence-corrected chi connectivity index (χ3v) is 2.97. The van der Waals surface area contributed by atoms with E-state index in [-0.39, 0.29) is 19.4 Å². The highest BCUT2D eigenvalue weighted by Crippen LogP contribution is 2.34. The molecule has 1 atom stereocenters. The summed E-state index contributed by atoms with van der Waals surface area (Å²) in [6.07, 6.45) is -1.82. The zero-order valence-corrected chi connectivity index (χ0v) is 11.0. The van der Waals surface area contributed by atoms with E-state index in [2.05, 4.69) is 5.10 Å². The fourth-order valence-corrected chi connectivity index (χ4v) is 1.98. The summed E-state index contributed by atoms with van der Waals surface area (Å²) in [4.78, 5) is 9.50. The quantitative estimate of drug-likeness (QED) is 0.616. The summed E-state index contributed by atoms with van der Waals surface area (Å²) in [5.74, 6) is 0. The van der Waals surface area contributed by atoms with Gasteiger partial charge in [-0.25, -0.2) is 0 Å². The number of alkyl halides is 3. The highest BCUT2D eigenvalue weighted by atomic mass is 19.4. The summed E-state index contributed by atoms with van der Waals surface area (Å²) < 4.78 is 49.3. The lowest BCUT2D eigenvalue weighted by atomic mass is 10.2. The maximum atomic E-state index is 12.6. The second kappa shape index (κ2) is 6.39. The van der Waals surface area contributed by atoms with E-state index in [9.17, 15) is 23.3 Å². The van der Waals surface area contributed by atoms with Crippen LogP contribution in [0.3, 0.4) is 0 Å². The van der Waals surface area contributed by atoms with Crippen LogP contribution in [0.5, 0.6) is 0 Å². The molecule has 7 nitrogen and oxygen atoms in total. The lowest BCUT2D eigenvalue weighted by Crippen LogP contribution is -2.24. The number of aromatic nitrogens is 2. The summed E-state index contributed by atoms with van der Waals surface area (Å²) in [5, 5.41) is 13.8. The molecule has 0 saturated carbocycles. The molecular formula is C11H14F3N3O4. The van der Waals surface area contributed by atoms with Gasteiger partial charge in [0.15, 0.2) is 6.29 Å². The molecule has 1 aromatic rings. The third-order valence-electron chi connectivity index (χ3n) is 2.97. The zero-order valence-electron chi connectivity index (χ0n) is 11.0. The van der Waals surface area contributed by atoms with Crippen molar-refractivity contribution in [2.75, 3.05) is 13.2 Å². The van der Waals surface area contributed by atoms with Gasteiger partial charge in [0.2, 0.25) is 5.69 Å². The summed E-state index contributed by atoms with van der Waals surface area (Å²) >= 11 is 0. The normalized spacial score (nSPS) is 19.7. The van der Waals surface area contributed by atoms with Crippen molar-refractivity contribution in [2.45, 2.75) is 38.3 Å². The number of rotatable bonds is 5. The summed E-state index contributed by atoms with van der Waals surface area (Å²) in [6, 6.07) is 0. The number of nitro groups is 1. The van der Waals surface area contributed by atoms with Crippen molar-refractivity contribution in [1.29, 1.82) is 0 Å². The predicted molar refractivity (Wildman–Crippen MR) is 63.4 cm³/mol. The average molecular weight is 309 g/mol. The van der Waals surface area contributed by atoms with Crippen LogP contribution in [0.25, 0.3) is 0 Å². The molecule has 0 aliphatic carbocycles. The highest BCUT2D eigenvalue weighted by Gasteiger charge is 2.42. The van der Waals surface area contributed by atoms with Crippen LogP contribution in [-0.2, 0) is 22.2 Å². The molecule has 1 saturated heterocycles. The molecule has 10 heteroatoms. The smallest absolute Gasteiger partial charge is 0.353 e. The van der Waals surface area contributed by atoms with Gasteiger partial charge >= 0.3 is 11.9 Å². The lowest BCUT2D eigenvalue weighted by molar-refractivity contribution is -0.388. The van der Waals surface area contributed by atoms with Gasteiger partial charge in [0.1, 0.15) is 6.20 Å². The summed E-state index contributed by atoms with van der Waals surface area (Å²) in [5.41, 5.74) is -2.56. The lowest BCUT2D eigenvalue weighted by Gasteiger charge is -2.22. The fraction of sp³-hybridized carbons (Fsp3) is 0.727. The minimum Gasteiger partial charge on any atom is -0.353 e. The van der Waals surface area contributed by atoms with Crippen LogP contribution in [0.15, 0.2) is 6.20 Å². The molecule has 0 spiro atoms. The molecule has 2 heterocycles. The van der Waals surface area contributed by atoms with E-state index in [1.54, 1.807) is 0 Å². The van der Waals surface area contributed by atoms with Crippen LogP contribution in [0, 0.1) is 10.1 Å². The molecule has 21 heavy (non-hydrogen) atoms. The van der Waals surface area contributed by atoms with Crippen LogP contribution in [-0.4, -0.2) is 34.2 Å². The van der Waals surface area contributed by atoms with Gasteiger partial charge in [-0.3, -0.25) is 14.8 Å². The van der Waals surface area contributed by atoms with Crippen molar-refractivity contribution in [3.63, 3.8) is 0 Å². The maximum absolute atomic E-state index is 12.6. The third kappa shape index (κ3) is 4.14. The van der Waals surface area contributed by atoms with E-state index >= 15 is 0 Å². The highest BCUT2D eigenvalue weighted by molar-refractivity contribution is 5.34. The number of ether oxygens (including phenoxy) is 2. The molecule has 0 unspecified atom stereocenters. The Morgan fingerprint density at radius 3 is 2.81 bits per heavy atom. The van der Waals surface area contributed by atoms with Crippen LogP contribution in [0.4, 0.5) is 18.9 Å². The monoisotopic (exact) mass is 309 g/mol. The molecule has 118 valence electrons. The van der Waals surface area contributed by atoms with Crippen molar-refractivity contribution in [2.24, 2.45) is 0 Å². The Hall–Kier alpha value is -1.68. The number of hydrogen-bond acceptors (Lipinski definition) is 5. The number of hydrogen-bond donors (Lipinski definition) is 0. The van der Waals surface area contributed by atoms with Crippen LogP contribution >= 0.6 is 0 Å². The minimum absolute atomic E-state index is 0.0171. The molecule has 1 fully saturated rings. The largest absolute Gasteiger partial charge is 0.442 e. The van der Waals surface area contributed by atoms with Crippen LogP contribution in [0.2, 0.25) is 0 Å². The summed E-state index contributed by atoms with van der Waals surface area (Å²) in [6.45, 7) is 0.647. The van der Waals surface area contributed by atoms with Gasteiger partial charge in [0.05, 0.1) is 18.1 Å². The number of nitrogens with zero attached hydrogens (tertiary/aromatic N) is 3. The van der Waals surface area contributed by atoms with E-state index in [1.807, 2.05) is 0 Å². The van der Waals surface area contributed by atoms with E-state index in [4.69, 9.17) is 9.47 Å². The molecule has 0 radical (unpaired) electrons. The zero-order chi connectivity index (χ0) is 15.5. The van der Waals surface area contributed by atoms with Crippen LogP contribution in [0.1, 0.15) is 25.0 Å². The Morgan fingerprint density at radius 2 is 2.29 bits per heavy atom. The van der Waals surface area contributed by atoms with Gasteiger partial charge in [-0.05, 0) is 19.3 Å². The molecule has 0 N–H and O–H groups in total. The van der Waals surface area contributed by atoms with Gasteiger partial charge < -0.3 is 9.47 Å². The number of halogens is 3. The van der Waals surface area contributed by atoms with Gasteiger partial charge in [-0.1, -0.05) is 0 Å². The molecule has 0 amide bonds. The molecule has 1 aliphatic rings. The summed E-state index contributed by atoms with van der Waals surface area (Å²) in [7, 11) is 0. The predicted octanol–water partition coefficient (Wildman–Crippen LogP) is 2.35. The molecule has 2 rings (SSSR count). The Kier molecular flexibility index (Phi) is 4.78. The average Bonchev–Trinajstić information content (AvgIpc) is 2.84. The Morgan fingerprint density at radius 1 is 1.52 bits per heavy atom. The first kappa shape index (κ1) is 15.7. The van der Waals surface area contributed by atoms with Gasteiger partial charge in [0.25, 0.3) is 0 Å². The minimum atomic E-state index is -4.86. The van der Waals surface area contributed by atoms with Crippen molar-refractivity contribution < 1.29 is 27.6 Å². The van der Waals surface area contributed by atoms with E-state index in [1.165, 1.54) is 0 Å². The second-order valence-electron chi connectivity index (χ2n) is 4.55. The van der Waals surface area contributed by atoms with Gasteiger partial charge in [-0.15, -0.1) is 0 Å². The fourth-order valence-electron chi connectivity index (χ4n) is 1.98. The van der Waals surface area contributed by atoms with Gasteiger partial charge in [0, 0.05) is 6.61 Å². The maximum Gasteiger partial charge on any atom is 0.442 e. The SMILES string of the molecule is O=[N+]([O-])c1cn(CCO[C@H]2CCCCO2)nc1C(F)(F)F. The topological polar surface area (TPSA) is 79.4 Å². The van der Waals surface area contributed by atoms with Crippen molar-refractivity contribution in [3.05, 3.63) is 22.0 Å². The van der Waals surface area contributed by atoms with Crippen molar-refractivity contribution in [1.82, 2.24) is 9.78 Å². The van der Waals surface area contributed by atoms with Gasteiger partial charge in [-0.2, -0.15) is 18.3 Å². The molecule has 0 bridgehead atoms. The molecule has 1 aromatic heterocycles. The first-order valence-corrected chi connectivity index (χ1v) is 6.40. The second-order valence-corrected chi connectivity index (χ2v) is 4.55. The molecule has 0 aromatic carbocycles. The van der Waals surface area contributed by atoms with Crippen molar-refractivity contribution in [3.8, 4) is 0 Å². The molecule has 1 aliphatic heterocycles.